The van der Waals surface area contributed by atoms with Gasteiger partial charge in [0.1, 0.15) is 0 Å². The number of hydrogen-bond acceptors (Lipinski definition) is 4. The summed E-state index contributed by atoms with van der Waals surface area (Å²) in [5.74, 6) is 1.28. The Morgan fingerprint density at radius 2 is 1.96 bits per heavy atom. The highest BCUT2D eigenvalue weighted by molar-refractivity contribution is 5.94. The number of carbonyl (C=O) groups excluding carboxylic acids is 1. The third-order valence-corrected chi connectivity index (χ3v) is 5.92. The molecule has 1 amide bonds. The van der Waals surface area contributed by atoms with Crippen LogP contribution in [0.15, 0.2) is 36.8 Å². The Labute approximate surface area is 161 Å². The molecule has 4 rings (SSSR count). The van der Waals surface area contributed by atoms with E-state index in [1.165, 1.54) is 51.6 Å². The van der Waals surface area contributed by atoms with Gasteiger partial charge in [-0.1, -0.05) is 19.3 Å². The topological polar surface area (TPSA) is 63.1 Å². The van der Waals surface area contributed by atoms with Crippen LogP contribution < -0.4 is 5.32 Å². The molecule has 1 saturated carbocycles. The number of pyridine rings is 1. The van der Waals surface area contributed by atoms with Crippen molar-refractivity contribution in [3.8, 4) is 5.82 Å². The lowest BCUT2D eigenvalue weighted by Gasteiger charge is -2.37. The predicted octanol–water partition coefficient (Wildman–Crippen LogP) is 3.04. The van der Waals surface area contributed by atoms with Gasteiger partial charge in [0.15, 0.2) is 5.82 Å². The molecule has 1 saturated heterocycles. The Balaban J connectivity index is 1.37. The molecule has 0 spiro atoms. The lowest BCUT2D eigenvalue weighted by Crippen LogP contribution is -2.47. The van der Waals surface area contributed by atoms with Crippen molar-refractivity contribution in [2.45, 2.75) is 51.0 Å². The molecule has 1 N–H and O–H groups in total. The molecule has 6 nitrogen and oxygen atoms in total. The number of amides is 1. The second-order valence-electron chi connectivity index (χ2n) is 7.84. The van der Waals surface area contributed by atoms with Gasteiger partial charge in [-0.3, -0.25) is 4.79 Å². The standard InChI is InChI=1S/C21H29N5O/c27-21(17-9-10-20(22-15-17)26-14-6-11-23-26)24-19-8-3-2-7-18(19)16-25-12-4-1-5-13-25/h6,9-11,14-15,18-19H,1-5,7-8,12-13,16H2,(H,24,27)/t18-,19+/m1/s1. The van der Waals surface area contributed by atoms with Gasteiger partial charge >= 0.3 is 0 Å². The van der Waals surface area contributed by atoms with Crippen molar-refractivity contribution in [2.75, 3.05) is 19.6 Å². The molecule has 2 fully saturated rings. The van der Waals surface area contributed by atoms with E-state index in [0.29, 0.717) is 11.5 Å². The molecule has 0 bridgehead atoms. The first-order chi connectivity index (χ1) is 13.3. The molecule has 144 valence electrons. The van der Waals surface area contributed by atoms with Crippen LogP contribution in [0, 0.1) is 5.92 Å². The van der Waals surface area contributed by atoms with Gasteiger partial charge in [0.25, 0.3) is 5.91 Å². The Morgan fingerprint density at radius 1 is 1.11 bits per heavy atom. The van der Waals surface area contributed by atoms with Crippen molar-refractivity contribution in [1.82, 2.24) is 25.0 Å². The first-order valence-electron chi connectivity index (χ1n) is 10.3. The minimum atomic E-state index is -0.00920. The minimum Gasteiger partial charge on any atom is -0.349 e. The first-order valence-corrected chi connectivity index (χ1v) is 10.3. The van der Waals surface area contributed by atoms with Gasteiger partial charge in [-0.2, -0.15) is 5.10 Å². The minimum absolute atomic E-state index is 0.00920. The number of likely N-dealkylation sites (tertiary alicyclic amines) is 1. The van der Waals surface area contributed by atoms with Gasteiger partial charge in [-0.15, -0.1) is 0 Å². The first kappa shape index (κ1) is 18.2. The normalized spacial score (nSPS) is 23.9. The van der Waals surface area contributed by atoms with Gasteiger partial charge in [0.2, 0.25) is 0 Å². The van der Waals surface area contributed by atoms with Gasteiger partial charge in [0, 0.05) is 31.2 Å². The van der Waals surface area contributed by atoms with Crippen molar-refractivity contribution in [3.05, 3.63) is 42.4 Å². The van der Waals surface area contributed by atoms with Crippen LogP contribution in [-0.2, 0) is 0 Å². The van der Waals surface area contributed by atoms with Crippen molar-refractivity contribution in [1.29, 1.82) is 0 Å². The van der Waals surface area contributed by atoms with Gasteiger partial charge in [0.05, 0.1) is 5.56 Å². The molecular weight excluding hydrogens is 338 g/mol. The lowest BCUT2D eigenvalue weighted by molar-refractivity contribution is 0.0877. The van der Waals surface area contributed by atoms with Crippen molar-refractivity contribution in [2.24, 2.45) is 5.92 Å². The largest absolute Gasteiger partial charge is 0.349 e. The zero-order valence-electron chi connectivity index (χ0n) is 15.9. The smallest absolute Gasteiger partial charge is 0.253 e. The third-order valence-electron chi connectivity index (χ3n) is 5.92. The van der Waals surface area contributed by atoms with Crippen LogP contribution in [0.5, 0.6) is 0 Å². The summed E-state index contributed by atoms with van der Waals surface area (Å²) >= 11 is 0. The molecule has 1 aliphatic heterocycles. The molecule has 1 aliphatic carbocycles. The van der Waals surface area contributed by atoms with E-state index in [1.807, 2.05) is 24.4 Å². The number of carbonyl (C=O) groups is 1. The van der Waals surface area contributed by atoms with Crippen LogP contribution >= 0.6 is 0 Å². The summed E-state index contributed by atoms with van der Waals surface area (Å²) in [5, 5.41) is 7.47. The van der Waals surface area contributed by atoms with Crippen molar-refractivity contribution in [3.63, 3.8) is 0 Å². The van der Waals surface area contributed by atoms with Crippen LogP contribution in [0.1, 0.15) is 55.3 Å². The van der Waals surface area contributed by atoms with Gasteiger partial charge in [-0.25, -0.2) is 9.67 Å². The zero-order chi connectivity index (χ0) is 18.5. The highest BCUT2D eigenvalue weighted by Gasteiger charge is 2.28. The van der Waals surface area contributed by atoms with E-state index in [-0.39, 0.29) is 11.9 Å². The number of aromatic nitrogens is 3. The summed E-state index contributed by atoms with van der Waals surface area (Å²) in [6, 6.07) is 5.81. The summed E-state index contributed by atoms with van der Waals surface area (Å²) in [6.45, 7) is 3.56. The van der Waals surface area contributed by atoms with E-state index < -0.39 is 0 Å². The van der Waals surface area contributed by atoms with Crippen LogP contribution in [-0.4, -0.2) is 51.2 Å². The molecule has 0 unspecified atom stereocenters. The molecule has 3 heterocycles. The van der Waals surface area contributed by atoms with Crippen LogP contribution in [0.25, 0.3) is 5.82 Å². The maximum atomic E-state index is 12.8. The lowest BCUT2D eigenvalue weighted by atomic mass is 9.83. The summed E-state index contributed by atoms with van der Waals surface area (Å²) in [7, 11) is 0. The molecule has 0 aromatic carbocycles. The molecule has 2 aromatic heterocycles. The third kappa shape index (κ3) is 4.56. The fraction of sp³-hybridized carbons (Fsp3) is 0.571. The Morgan fingerprint density at radius 3 is 2.70 bits per heavy atom. The van der Waals surface area contributed by atoms with E-state index >= 15 is 0 Å². The predicted molar refractivity (Wildman–Crippen MR) is 105 cm³/mol. The van der Waals surface area contributed by atoms with Crippen molar-refractivity contribution < 1.29 is 4.79 Å². The molecular formula is C21H29N5O. The molecule has 2 atom stereocenters. The fourth-order valence-corrected chi connectivity index (χ4v) is 4.40. The van der Waals surface area contributed by atoms with Gasteiger partial charge in [-0.05, 0) is 62.9 Å². The maximum absolute atomic E-state index is 12.8. The summed E-state index contributed by atoms with van der Waals surface area (Å²) in [4.78, 5) is 19.7. The van der Waals surface area contributed by atoms with E-state index in [1.54, 1.807) is 17.1 Å². The molecule has 2 aliphatic rings. The SMILES string of the molecule is O=C(N[C@H]1CCCC[C@@H]1CN1CCCCC1)c1ccc(-n2cccn2)nc1. The number of hydrogen-bond donors (Lipinski definition) is 1. The van der Waals surface area contributed by atoms with E-state index in [0.717, 1.165) is 18.8 Å². The van der Waals surface area contributed by atoms with Gasteiger partial charge < -0.3 is 10.2 Å². The Hall–Kier alpha value is -2.21. The van der Waals surface area contributed by atoms with Crippen molar-refractivity contribution >= 4 is 5.91 Å². The summed E-state index contributed by atoms with van der Waals surface area (Å²) in [5.41, 5.74) is 0.619. The van der Waals surface area contributed by atoms with E-state index in [9.17, 15) is 4.79 Å². The highest BCUT2D eigenvalue weighted by atomic mass is 16.1. The molecule has 27 heavy (non-hydrogen) atoms. The highest BCUT2D eigenvalue weighted by Crippen LogP contribution is 2.26. The molecule has 6 heteroatoms. The zero-order valence-corrected chi connectivity index (χ0v) is 15.9. The Kier molecular flexibility index (Phi) is 5.82. The monoisotopic (exact) mass is 367 g/mol. The van der Waals surface area contributed by atoms with Crippen LogP contribution in [0.3, 0.4) is 0 Å². The average molecular weight is 367 g/mol. The number of nitrogens with one attached hydrogen (secondary N) is 1. The van der Waals surface area contributed by atoms with E-state index in [2.05, 4.69) is 20.3 Å². The second kappa shape index (κ2) is 8.65. The summed E-state index contributed by atoms with van der Waals surface area (Å²) in [6.07, 6.45) is 14.0. The fourth-order valence-electron chi connectivity index (χ4n) is 4.40. The van der Waals surface area contributed by atoms with Crippen LogP contribution in [0.2, 0.25) is 0 Å². The van der Waals surface area contributed by atoms with Crippen LogP contribution in [0.4, 0.5) is 0 Å². The second-order valence-corrected chi connectivity index (χ2v) is 7.84. The maximum Gasteiger partial charge on any atom is 0.253 e. The molecule has 0 radical (unpaired) electrons. The quantitative estimate of drug-likeness (QED) is 0.882. The number of nitrogens with zero attached hydrogens (tertiary/aromatic N) is 4. The number of rotatable bonds is 5. The average Bonchev–Trinajstić information content (AvgIpc) is 3.25. The Bertz CT molecular complexity index is 722. The number of piperidine rings is 1. The molecule has 2 aromatic rings. The van der Waals surface area contributed by atoms with E-state index in [4.69, 9.17) is 0 Å². The summed E-state index contributed by atoms with van der Waals surface area (Å²) < 4.78 is 1.69.